The Kier molecular flexibility index (Phi) is 4.16. The van der Waals surface area contributed by atoms with E-state index in [2.05, 4.69) is 15.5 Å². The van der Waals surface area contributed by atoms with E-state index in [-0.39, 0.29) is 11.9 Å². The summed E-state index contributed by atoms with van der Waals surface area (Å²) in [4.78, 5) is 12.4. The molecule has 118 valence electrons. The van der Waals surface area contributed by atoms with Gasteiger partial charge in [-0.25, -0.2) is 9.36 Å². The fourth-order valence-corrected chi connectivity index (χ4v) is 2.44. The molecule has 0 atom stereocenters. The summed E-state index contributed by atoms with van der Waals surface area (Å²) >= 11 is 6.15. The average molecular weight is 330 g/mol. The summed E-state index contributed by atoms with van der Waals surface area (Å²) in [7, 11) is 0. The molecule has 23 heavy (non-hydrogen) atoms. The molecule has 3 rings (SSSR count). The van der Waals surface area contributed by atoms with Crippen LogP contribution in [0, 0.1) is 0 Å². The van der Waals surface area contributed by atoms with E-state index in [4.69, 9.17) is 11.6 Å². The van der Waals surface area contributed by atoms with Gasteiger partial charge in [-0.2, -0.15) is 10.2 Å². The van der Waals surface area contributed by atoms with Crippen LogP contribution in [0.3, 0.4) is 0 Å². The number of hydrogen-bond donors (Lipinski definition) is 1. The Morgan fingerprint density at radius 2 is 2.00 bits per heavy atom. The van der Waals surface area contributed by atoms with Crippen molar-refractivity contribution in [1.29, 1.82) is 0 Å². The molecule has 0 saturated carbocycles. The number of rotatable bonds is 4. The van der Waals surface area contributed by atoms with Crippen LogP contribution in [0.1, 0.15) is 30.2 Å². The Morgan fingerprint density at radius 3 is 2.74 bits per heavy atom. The summed E-state index contributed by atoms with van der Waals surface area (Å²) in [5.41, 5.74) is 1.17. The standard InChI is InChI=1S/C16H16ClN5O/c1-11(2)22-15(7-8-18-22)20-16(23)12-9-19-21(10-12)14-6-4-3-5-13(14)17/h3-11H,1-2H3,(H,20,23). The smallest absolute Gasteiger partial charge is 0.260 e. The molecular formula is C16H16ClN5O. The quantitative estimate of drug-likeness (QED) is 0.796. The van der Waals surface area contributed by atoms with Gasteiger partial charge in [-0.05, 0) is 26.0 Å². The number of hydrogen-bond acceptors (Lipinski definition) is 3. The highest BCUT2D eigenvalue weighted by Gasteiger charge is 2.14. The van der Waals surface area contributed by atoms with Crippen LogP contribution in [0.15, 0.2) is 48.9 Å². The Hall–Kier alpha value is -2.60. The van der Waals surface area contributed by atoms with Crippen molar-refractivity contribution >= 4 is 23.3 Å². The molecule has 2 heterocycles. The Bertz CT molecular complexity index is 836. The van der Waals surface area contributed by atoms with Crippen molar-refractivity contribution in [3.63, 3.8) is 0 Å². The third kappa shape index (κ3) is 3.12. The number of anilines is 1. The van der Waals surface area contributed by atoms with E-state index in [1.807, 2.05) is 32.0 Å². The third-order valence-corrected chi connectivity index (χ3v) is 3.66. The highest BCUT2D eigenvalue weighted by atomic mass is 35.5. The van der Waals surface area contributed by atoms with E-state index in [1.165, 1.54) is 6.20 Å². The zero-order chi connectivity index (χ0) is 16.4. The lowest BCUT2D eigenvalue weighted by molar-refractivity contribution is 0.102. The van der Waals surface area contributed by atoms with Gasteiger partial charge in [0, 0.05) is 18.3 Å². The molecule has 0 aliphatic carbocycles. The predicted molar refractivity (Wildman–Crippen MR) is 89.1 cm³/mol. The first kappa shape index (κ1) is 15.3. The van der Waals surface area contributed by atoms with E-state index in [9.17, 15) is 4.79 Å². The minimum Gasteiger partial charge on any atom is -0.307 e. The third-order valence-electron chi connectivity index (χ3n) is 3.35. The first-order chi connectivity index (χ1) is 11.1. The van der Waals surface area contributed by atoms with Crippen LogP contribution in [0.5, 0.6) is 0 Å². The first-order valence-electron chi connectivity index (χ1n) is 7.20. The molecule has 0 bridgehead atoms. The maximum absolute atomic E-state index is 12.4. The normalized spacial score (nSPS) is 11.0. The molecule has 0 aliphatic heterocycles. The highest BCUT2D eigenvalue weighted by molar-refractivity contribution is 6.32. The van der Waals surface area contributed by atoms with Gasteiger partial charge in [0.15, 0.2) is 0 Å². The Morgan fingerprint density at radius 1 is 1.22 bits per heavy atom. The molecule has 0 fully saturated rings. The van der Waals surface area contributed by atoms with E-state index in [1.54, 1.807) is 33.9 Å². The van der Waals surface area contributed by atoms with Crippen LogP contribution in [0.4, 0.5) is 5.82 Å². The minimum atomic E-state index is -0.245. The van der Waals surface area contributed by atoms with Gasteiger partial charge in [-0.3, -0.25) is 4.79 Å². The number of nitrogens with zero attached hydrogens (tertiary/aromatic N) is 4. The van der Waals surface area contributed by atoms with Gasteiger partial charge in [-0.15, -0.1) is 0 Å². The van der Waals surface area contributed by atoms with Gasteiger partial charge in [0.25, 0.3) is 5.91 Å². The zero-order valence-electron chi connectivity index (χ0n) is 12.8. The van der Waals surface area contributed by atoms with Gasteiger partial charge < -0.3 is 5.32 Å². The van der Waals surface area contributed by atoms with E-state index < -0.39 is 0 Å². The van der Waals surface area contributed by atoms with E-state index >= 15 is 0 Å². The van der Waals surface area contributed by atoms with Crippen LogP contribution in [-0.2, 0) is 0 Å². The predicted octanol–water partition coefficient (Wildman–Crippen LogP) is 3.56. The Labute approximate surface area is 138 Å². The van der Waals surface area contributed by atoms with Crippen molar-refractivity contribution in [1.82, 2.24) is 19.6 Å². The molecule has 7 heteroatoms. The average Bonchev–Trinajstić information content (AvgIpc) is 3.16. The van der Waals surface area contributed by atoms with Gasteiger partial charge in [0.2, 0.25) is 0 Å². The van der Waals surface area contributed by atoms with Gasteiger partial charge in [0.05, 0.1) is 28.7 Å². The summed E-state index contributed by atoms with van der Waals surface area (Å²) < 4.78 is 3.33. The van der Waals surface area contributed by atoms with Crippen molar-refractivity contribution in [3.05, 3.63) is 59.5 Å². The van der Waals surface area contributed by atoms with E-state index in [0.29, 0.717) is 16.4 Å². The number of halogens is 1. The van der Waals surface area contributed by atoms with Crippen molar-refractivity contribution in [2.75, 3.05) is 5.32 Å². The molecule has 6 nitrogen and oxygen atoms in total. The summed E-state index contributed by atoms with van der Waals surface area (Å²) in [6.07, 6.45) is 4.81. The van der Waals surface area contributed by atoms with Crippen molar-refractivity contribution in [2.45, 2.75) is 19.9 Å². The summed E-state index contributed by atoms with van der Waals surface area (Å²) in [6, 6.07) is 9.24. The fraction of sp³-hybridized carbons (Fsp3) is 0.188. The maximum atomic E-state index is 12.4. The molecule has 0 unspecified atom stereocenters. The SMILES string of the molecule is CC(C)n1nccc1NC(=O)c1cnn(-c2ccccc2Cl)c1. The lowest BCUT2D eigenvalue weighted by Crippen LogP contribution is -2.16. The molecule has 1 N–H and O–H groups in total. The number of benzene rings is 1. The van der Waals surface area contributed by atoms with E-state index in [0.717, 1.165) is 5.69 Å². The molecule has 1 amide bonds. The first-order valence-corrected chi connectivity index (χ1v) is 7.58. The number of amides is 1. The summed E-state index contributed by atoms with van der Waals surface area (Å²) in [5, 5.41) is 11.8. The number of aromatic nitrogens is 4. The second kappa shape index (κ2) is 6.26. The molecule has 3 aromatic rings. The van der Waals surface area contributed by atoms with Gasteiger partial charge in [-0.1, -0.05) is 23.7 Å². The van der Waals surface area contributed by atoms with Crippen molar-refractivity contribution in [3.8, 4) is 5.69 Å². The van der Waals surface area contributed by atoms with Crippen LogP contribution < -0.4 is 5.32 Å². The van der Waals surface area contributed by atoms with Gasteiger partial charge >= 0.3 is 0 Å². The van der Waals surface area contributed by atoms with Gasteiger partial charge in [0.1, 0.15) is 5.82 Å². The summed E-state index contributed by atoms with van der Waals surface area (Å²) in [5.74, 6) is 0.404. The monoisotopic (exact) mass is 329 g/mol. The highest BCUT2D eigenvalue weighted by Crippen LogP contribution is 2.20. The second-order valence-corrected chi connectivity index (χ2v) is 5.74. The molecule has 0 radical (unpaired) electrons. The number of carbonyl (C=O) groups is 1. The number of carbonyl (C=O) groups excluding carboxylic acids is 1. The lowest BCUT2D eigenvalue weighted by Gasteiger charge is -2.11. The molecule has 0 saturated heterocycles. The zero-order valence-corrected chi connectivity index (χ0v) is 13.5. The maximum Gasteiger partial charge on any atom is 0.260 e. The molecule has 1 aromatic carbocycles. The minimum absolute atomic E-state index is 0.158. The van der Waals surface area contributed by atoms with Crippen LogP contribution in [0.2, 0.25) is 5.02 Å². The molecule has 0 aliphatic rings. The van der Waals surface area contributed by atoms with Crippen molar-refractivity contribution < 1.29 is 4.79 Å². The molecule has 0 spiro atoms. The largest absolute Gasteiger partial charge is 0.307 e. The van der Waals surface area contributed by atoms with Crippen LogP contribution in [0.25, 0.3) is 5.69 Å². The fourth-order valence-electron chi connectivity index (χ4n) is 2.22. The lowest BCUT2D eigenvalue weighted by atomic mass is 10.3. The van der Waals surface area contributed by atoms with Crippen molar-refractivity contribution in [2.24, 2.45) is 0 Å². The second-order valence-electron chi connectivity index (χ2n) is 5.33. The summed E-state index contributed by atoms with van der Waals surface area (Å²) in [6.45, 7) is 4.00. The van der Waals surface area contributed by atoms with Crippen LogP contribution >= 0.6 is 11.6 Å². The Balaban J connectivity index is 1.82. The number of nitrogens with one attached hydrogen (secondary N) is 1. The van der Waals surface area contributed by atoms with Crippen LogP contribution in [-0.4, -0.2) is 25.5 Å². The topological polar surface area (TPSA) is 64.7 Å². The molecule has 2 aromatic heterocycles. The number of para-hydroxylation sites is 1. The molecular weight excluding hydrogens is 314 g/mol.